The van der Waals surface area contributed by atoms with Crippen LogP contribution < -0.4 is 0 Å². The molecule has 1 heterocycles. The van der Waals surface area contributed by atoms with Crippen molar-refractivity contribution in [1.29, 1.82) is 0 Å². The van der Waals surface area contributed by atoms with E-state index in [0.717, 1.165) is 25.3 Å². The van der Waals surface area contributed by atoms with Gasteiger partial charge < -0.3 is 10.0 Å². The number of hydrogen-bond acceptors (Lipinski definition) is 3. The normalized spacial score (nSPS) is 21.8. The van der Waals surface area contributed by atoms with Crippen LogP contribution in [0.3, 0.4) is 0 Å². The zero-order valence-electron chi connectivity index (χ0n) is 7.61. The molecule has 1 fully saturated rings. The van der Waals surface area contributed by atoms with Gasteiger partial charge in [-0.15, -0.1) is 0 Å². The van der Waals surface area contributed by atoms with Crippen LogP contribution in [0.2, 0.25) is 0 Å². The Morgan fingerprint density at radius 3 is 3.08 bits per heavy atom. The predicted octanol–water partition coefficient (Wildman–Crippen LogP) is 1.41. The predicted molar refractivity (Wildman–Crippen MR) is 54.9 cm³/mol. The first-order chi connectivity index (χ1) is 6.22. The van der Waals surface area contributed by atoms with Gasteiger partial charge in [0.05, 0.1) is 6.42 Å². The van der Waals surface area contributed by atoms with Gasteiger partial charge in [-0.1, -0.05) is 6.58 Å². The molecule has 1 rings (SSSR count). The van der Waals surface area contributed by atoms with Crippen LogP contribution in [0.4, 0.5) is 0 Å². The molecule has 1 aliphatic rings. The van der Waals surface area contributed by atoms with Crippen LogP contribution in [0.25, 0.3) is 0 Å². The molecule has 1 saturated heterocycles. The molecule has 0 bridgehead atoms. The summed E-state index contributed by atoms with van der Waals surface area (Å²) in [5.41, 5.74) is 0. The zero-order valence-corrected chi connectivity index (χ0v) is 8.42. The van der Waals surface area contributed by atoms with E-state index in [1.54, 1.807) is 11.8 Å². The summed E-state index contributed by atoms with van der Waals surface area (Å²) in [6, 6.07) is 0. The summed E-state index contributed by atoms with van der Waals surface area (Å²) < 4.78 is 0. The fraction of sp³-hybridized carbons (Fsp3) is 0.667. The second-order valence-electron chi connectivity index (χ2n) is 3.10. The van der Waals surface area contributed by atoms with Crippen LogP contribution in [0, 0.1) is 0 Å². The van der Waals surface area contributed by atoms with Gasteiger partial charge in [-0.05, 0) is 12.6 Å². The fourth-order valence-corrected chi connectivity index (χ4v) is 2.56. The Bertz CT molecular complexity index is 196. The van der Waals surface area contributed by atoms with E-state index in [1.165, 1.54) is 0 Å². The van der Waals surface area contributed by atoms with Crippen LogP contribution in [-0.2, 0) is 4.79 Å². The van der Waals surface area contributed by atoms with Crippen molar-refractivity contribution in [3.8, 4) is 0 Å². The number of carboxylic acid groups (broad SMARTS) is 1. The lowest BCUT2D eigenvalue weighted by Crippen LogP contribution is -2.14. The van der Waals surface area contributed by atoms with Crippen LogP contribution >= 0.6 is 11.8 Å². The molecule has 1 unspecified atom stereocenters. The van der Waals surface area contributed by atoms with Crippen molar-refractivity contribution in [2.24, 2.45) is 0 Å². The molecule has 0 aromatic rings. The van der Waals surface area contributed by atoms with Crippen LogP contribution in [0.15, 0.2) is 12.8 Å². The summed E-state index contributed by atoms with van der Waals surface area (Å²) in [5, 5.41) is 9.04. The van der Waals surface area contributed by atoms with Gasteiger partial charge in [-0.2, -0.15) is 11.8 Å². The summed E-state index contributed by atoms with van der Waals surface area (Å²) in [6.07, 6.45) is 3.28. The highest BCUT2D eigenvalue weighted by molar-refractivity contribution is 7.99. The van der Waals surface area contributed by atoms with Gasteiger partial charge in [0.2, 0.25) is 0 Å². The van der Waals surface area contributed by atoms with Crippen molar-refractivity contribution in [2.75, 3.05) is 18.8 Å². The largest absolute Gasteiger partial charge is 0.481 e. The van der Waals surface area contributed by atoms with E-state index in [-0.39, 0.29) is 6.42 Å². The lowest BCUT2D eigenvalue weighted by atomic mass is 10.4. The first-order valence-corrected chi connectivity index (χ1v) is 5.47. The molecule has 0 aliphatic carbocycles. The molecule has 0 aromatic carbocycles. The Hall–Kier alpha value is -0.640. The number of likely N-dealkylation sites (tertiary alicyclic amines) is 1. The Morgan fingerprint density at radius 1 is 1.77 bits per heavy atom. The van der Waals surface area contributed by atoms with Gasteiger partial charge in [-0.3, -0.25) is 4.79 Å². The maximum absolute atomic E-state index is 10.3. The van der Waals surface area contributed by atoms with Crippen molar-refractivity contribution >= 4 is 17.7 Å². The van der Waals surface area contributed by atoms with E-state index in [9.17, 15) is 4.79 Å². The number of hydrogen-bond donors (Lipinski definition) is 1. The summed E-state index contributed by atoms with van der Waals surface area (Å²) >= 11 is 1.76. The first-order valence-electron chi connectivity index (χ1n) is 4.42. The van der Waals surface area contributed by atoms with Crippen molar-refractivity contribution in [2.45, 2.75) is 18.1 Å². The van der Waals surface area contributed by atoms with Crippen LogP contribution in [0.1, 0.15) is 12.8 Å². The third-order valence-electron chi connectivity index (χ3n) is 2.10. The van der Waals surface area contributed by atoms with E-state index in [4.69, 9.17) is 5.11 Å². The van der Waals surface area contributed by atoms with E-state index < -0.39 is 5.97 Å². The molecule has 0 aromatic heterocycles. The third-order valence-corrected chi connectivity index (χ3v) is 3.40. The summed E-state index contributed by atoms with van der Waals surface area (Å²) in [5.74, 6) is 0.0245. The van der Waals surface area contributed by atoms with Crippen LogP contribution in [0.5, 0.6) is 0 Å². The average Bonchev–Trinajstić information content (AvgIpc) is 2.52. The third kappa shape index (κ3) is 3.72. The van der Waals surface area contributed by atoms with Gasteiger partial charge in [0, 0.05) is 24.1 Å². The van der Waals surface area contributed by atoms with Crippen molar-refractivity contribution < 1.29 is 9.90 Å². The molecule has 0 spiro atoms. The van der Waals surface area contributed by atoms with Crippen molar-refractivity contribution in [3.63, 3.8) is 0 Å². The zero-order chi connectivity index (χ0) is 9.68. The molecule has 13 heavy (non-hydrogen) atoms. The van der Waals surface area contributed by atoms with Gasteiger partial charge >= 0.3 is 5.97 Å². The molecule has 0 amide bonds. The highest BCUT2D eigenvalue weighted by atomic mass is 32.2. The standard InChI is InChI=1S/C9H15NO2S/c1-2-10-5-3-8(7-10)13-6-4-9(11)12/h2,8H,1,3-7H2,(H,11,12). The molecule has 3 nitrogen and oxygen atoms in total. The minimum absolute atomic E-state index is 0.273. The maximum atomic E-state index is 10.3. The minimum Gasteiger partial charge on any atom is -0.481 e. The average molecular weight is 201 g/mol. The number of carboxylic acids is 1. The van der Waals surface area contributed by atoms with E-state index in [2.05, 4.69) is 11.5 Å². The smallest absolute Gasteiger partial charge is 0.304 e. The monoisotopic (exact) mass is 201 g/mol. The lowest BCUT2D eigenvalue weighted by Gasteiger charge is -2.11. The number of thioether (sulfide) groups is 1. The maximum Gasteiger partial charge on any atom is 0.304 e. The van der Waals surface area contributed by atoms with Gasteiger partial charge in [0.1, 0.15) is 0 Å². The van der Waals surface area contributed by atoms with E-state index in [1.807, 2.05) is 6.20 Å². The number of nitrogens with zero attached hydrogens (tertiary/aromatic N) is 1. The van der Waals surface area contributed by atoms with Gasteiger partial charge in [0.15, 0.2) is 0 Å². The van der Waals surface area contributed by atoms with Crippen molar-refractivity contribution in [3.05, 3.63) is 12.8 Å². The number of aliphatic carboxylic acids is 1. The Balaban J connectivity index is 2.10. The molecule has 0 radical (unpaired) electrons. The molecule has 74 valence electrons. The topological polar surface area (TPSA) is 40.5 Å². The lowest BCUT2D eigenvalue weighted by molar-refractivity contribution is -0.136. The molecule has 1 N–H and O–H groups in total. The van der Waals surface area contributed by atoms with E-state index in [0.29, 0.717) is 5.25 Å². The Labute approximate surface area is 82.8 Å². The second kappa shape index (κ2) is 5.17. The summed E-state index contributed by atoms with van der Waals surface area (Å²) in [7, 11) is 0. The molecular formula is C9H15NO2S. The van der Waals surface area contributed by atoms with E-state index >= 15 is 0 Å². The molecular weight excluding hydrogens is 186 g/mol. The quantitative estimate of drug-likeness (QED) is 0.730. The number of carbonyl (C=O) groups is 1. The molecule has 1 aliphatic heterocycles. The second-order valence-corrected chi connectivity index (χ2v) is 4.51. The highest BCUT2D eigenvalue weighted by Gasteiger charge is 2.19. The fourth-order valence-electron chi connectivity index (χ4n) is 1.37. The molecule has 1 atom stereocenters. The van der Waals surface area contributed by atoms with Crippen molar-refractivity contribution in [1.82, 2.24) is 4.90 Å². The Morgan fingerprint density at radius 2 is 2.54 bits per heavy atom. The van der Waals surface area contributed by atoms with Crippen LogP contribution in [-0.4, -0.2) is 40.1 Å². The highest BCUT2D eigenvalue weighted by Crippen LogP contribution is 2.22. The molecule has 4 heteroatoms. The number of rotatable bonds is 5. The van der Waals surface area contributed by atoms with Gasteiger partial charge in [0.25, 0.3) is 0 Å². The first kappa shape index (κ1) is 10.4. The SMILES string of the molecule is C=CN1CCC(SCCC(=O)O)C1. The molecule has 0 saturated carbocycles. The minimum atomic E-state index is -0.703. The summed E-state index contributed by atoms with van der Waals surface area (Å²) in [6.45, 7) is 5.79. The summed E-state index contributed by atoms with van der Waals surface area (Å²) in [4.78, 5) is 12.4. The Kier molecular flexibility index (Phi) is 4.15. The van der Waals surface area contributed by atoms with Gasteiger partial charge in [-0.25, -0.2) is 0 Å².